The second-order valence-corrected chi connectivity index (χ2v) is 5.96. The Bertz CT molecular complexity index is 560. The summed E-state index contributed by atoms with van der Waals surface area (Å²) in [6.45, 7) is 5.16. The summed E-state index contributed by atoms with van der Waals surface area (Å²) in [5.74, 6) is 1.15. The lowest BCUT2D eigenvalue weighted by Crippen LogP contribution is -2.07. The highest BCUT2D eigenvalue weighted by molar-refractivity contribution is 6.35. The van der Waals surface area contributed by atoms with Crippen molar-refractivity contribution in [2.24, 2.45) is 5.73 Å². The van der Waals surface area contributed by atoms with Crippen molar-refractivity contribution < 1.29 is 0 Å². The molecule has 0 radical (unpaired) electrons. The maximum Gasteiger partial charge on any atom is 0.110 e. The number of rotatable bonds is 7. The minimum atomic E-state index is 0.374. The van der Waals surface area contributed by atoms with E-state index in [4.69, 9.17) is 22.3 Å². The Morgan fingerprint density at radius 1 is 1.20 bits per heavy atom. The number of aromatic nitrogens is 2. The van der Waals surface area contributed by atoms with Crippen molar-refractivity contribution in [1.29, 1.82) is 0 Å². The van der Waals surface area contributed by atoms with Gasteiger partial charge in [0.05, 0.1) is 16.1 Å². The summed E-state index contributed by atoms with van der Waals surface area (Å²) in [5.41, 5.74) is 7.60. The molecular weight excluding hydrogens is 270 g/mol. The molecular formula is C16H24ClN3. The fourth-order valence-electron chi connectivity index (χ4n) is 2.67. The van der Waals surface area contributed by atoms with Gasteiger partial charge < -0.3 is 10.3 Å². The summed E-state index contributed by atoms with van der Waals surface area (Å²) >= 11 is 6.35. The number of hydrogen-bond acceptors (Lipinski definition) is 2. The molecule has 3 nitrogen and oxygen atoms in total. The van der Waals surface area contributed by atoms with E-state index in [1.54, 1.807) is 0 Å². The first-order valence-electron chi connectivity index (χ1n) is 7.50. The van der Waals surface area contributed by atoms with Gasteiger partial charge in [-0.2, -0.15) is 0 Å². The second-order valence-electron chi connectivity index (χ2n) is 5.55. The van der Waals surface area contributed by atoms with Gasteiger partial charge in [0.15, 0.2) is 0 Å². The summed E-state index contributed by atoms with van der Waals surface area (Å²) in [7, 11) is 0. The predicted octanol–water partition coefficient (Wildman–Crippen LogP) is 4.33. The normalized spacial score (nSPS) is 11.7. The van der Waals surface area contributed by atoms with Crippen molar-refractivity contribution in [3.05, 3.63) is 29.0 Å². The Morgan fingerprint density at radius 2 is 1.95 bits per heavy atom. The van der Waals surface area contributed by atoms with E-state index in [1.807, 2.05) is 18.2 Å². The van der Waals surface area contributed by atoms with Gasteiger partial charge in [-0.15, -0.1) is 0 Å². The molecule has 2 rings (SSSR count). The fraction of sp³-hybridized carbons (Fsp3) is 0.562. The average molecular weight is 294 g/mol. The Balaban J connectivity index is 2.20. The lowest BCUT2D eigenvalue weighted by molar-refractivity contribution is 0.562. The Kier molecular flexibility index (Phi) is 5.44. The summed E-state index contributed by atoms with van der Waals surface area (Å²) in [5, 5.41) is 0.790. The molecule has 0 atom stereocenters. The molecule has 20 heavy (non-hydrogen) atoms. The van der Waals surface area contributed by atoms with Gasteiger partial charge in [0.2, 0.25) is 0 Å². The van der Waals surface area contributed by atoms with Crippen LogP contribution in [-0.4, -0.2) is 16.1 Å². The van der Waals surface area contributed by atoms with E-state index >= 15 is 0 Å². The highest BCUT2D eigenvalue weighted by atomic mass is 35.5. The third-order valence-corrected chi connectivity index (χ3v) is 3.91. The molecule has 0 spiro atoms. The SMILES string of the molecule is CC(C)n1c(CCCCCCN)nc2cccc(Cl)c21. The Labute approximate surface area is 126 Å². The number of hydrogen-bond donors (Lipinski definition) is 1. The van der Waals surface area contributed by atoms with Crippen LogP contribution in [0.4, 0.5) is 0 Å². The number of para-hydroxylation sites is 1. The van der Waals surface area contributed by atoms with Crippen LogP contribution < -0.4 is 5.73 Å². The van der Waals surface area contributed by atoms with Crippen molar-refractivity contribution in [2.45, 2.75) is 52.0 Å². The largest absolute Gasteiger partial charge is 0.330 e. The second kappa shape index (κ2) is 7.09. The average Bonchev–Trinajstić information content (AvgIpc) is 2.78. The molecule has 0 aliphatic rings. The fourth-order valence-corrected chi connectivity index (χ4v) is 2.93. The summed E-state index contributed by atoms with van der Waals surface area (Å²) in [6.07, 6.45) is 5.71. The molecule has 0 saturated heterocycles. The molecule has 2 N–H and O–H groups in total. The van der Waals surface area contributed by atoms with Crippen molar-refractivity contribution in [3.8, 4) is 0 Å². The van der Waals surface area contributed by atoms with Gasteiger partial charge in [-0.3, -0.25) is 0 Å². The van der Waals surface area contributed by atoms with Crippen molar-refractivity contribution in [1.82, 2.24) is 9.55 Å². The quantitative estimate of drug-likeness (QED) is 0.772. The van der Waals surface area contributed by atoms with Crippen molar-refractivity contribution in [2.75, 3.05) is 6.54 Å². The Morgan fingerprint density at radius 3 is 2.65 bits per heavy atom. The number of nitrogens with two attached hydrogens (primary N) is 1. The number of unbranched alkanes of at least 4 members (excludes halogenated alkanes) is 3. The van der Waals surface area contributed by atoms with Crippen LogP contribution in [0.3, 0.4) is 0 Å². The van der Waals surface area contributed by atoms with Gasteiger partial charge in [-0.25, -0.2) is 4.98 Å². The van der Waals surface area contributed by atoms with Crippen LogP contribution >= 0.6 is 11.6 Å². The molecule has 0 bridgehead atoms. The van der Waals surface area contributed by atoms with Gasteiger partial charge in [0, 0.05) is 12.5 Å². The van der Waals surface area contributed by atoms with E-state index in [0.717, 1.165) is 47.7 Å². The van der Waals surface area contributed by atoms with E-state index < -0.39 is 0 Å². The van der Waals surface area contributed by atoms with Gasteiger partial charge in [-0.1, -0.05) is 30.5 Å². The maximum absolute atomic E-state index is 6.35. The molecule has 0 fully saturated rings. The van der Waals surface area contributed by atoms with Gasteiger partial charge in [-0.05, 0) is 45.4 Å². The zero-order valence-corrected chi connectivity index (χ0v) is 13.2. The van der Waals surface area contributed by atoms with Crippen LogP contribution in [0.5, 0.6) is 0 Å². The molecule has 110 valence electrons. The molecule has 1 aromatic carbocycles. The van der Waals surface area contributed by atoms with E-state index in [9.17, 15) is 0 Å². The van der Waals surface area contributed by atoms with E-state index in [-0.39, 0.29) is 0 Å². The van der Waals surface area contributed by atoms with Gasteiger partial charge in [0.25, 0.3) is 0 Å². The molecule has 0 aliphatic carbocycles. The number of fused-ring (bicyclic) bond motifs is 1. The lowest BCUT2D eigenvalue weighted by Gasteiger charge is -2.13. The third kappa shape index (κ3) is 3.33. The molecule has 1 heterocycles. The number of benzene rings is 1. The van der Waals surface area contributed by atoms with Crippen LogP contribution in [0.25, 0.3) is 11.0 Å². The monoisotopic (exact) mass is 293 g/mol. The molecule has 0 aliphatic heterocycles. The number of halogens is 1. The molecule has 2 aromatic rings. The Hall–Kier alpha value is -1.06. The van der Waals surface area contributed by atoms with Crippen LogP contribution in [0.1, 0.15) is 51.4 Å². The number of nitrogens with zero attached hydrogens (tertiary/aromatic N) is 2. The van der Waals surface area contributed by atoms with E-state index in [0.29, 0.717) is 6.04 Å². The van der Waals surface area contributed by atoms with Gasteiger partial charge >= 0.3 is 0 Å². The smallest absolute Gasteiger partial charge is 0.110 e. The molecule has 0 unspecified atom stereocenters. The van der Waals surface area contributed by atoms with E-state index in [1.165, 1.54) is 12.8 Å². The molecule has 0 saturated carbocycles. The highest BCUT2D eigenvalue weighted by Crippen LogP contribution is 2.28. The van der Waals surface area contributed by atoms with Crippen LogP contribution in [0, 0.1) is 0 Å². The lowest BCUT2D eigenvalue weighted by atomic mass is 10.1. The van der Waals surface area contributed by atoms with Crippen LogP contribution in [-0.2, 0) is 6.42 Å². The van der Waals surface area contributed by atoms with E-state index in [2.05, 4.69) is 18.4 Å². The topological polar surface area (TPSA) is 43.8 Å². The first-order chi connectivity index (χ1) is 9.65. The van der Waals surface area contributed by atoms with Crippen LogP contribution in [0.2, 0.25) is 5.02 Å². The molecule has 0 amide bonds. The number of aryl methyl sites for hydroxylation is 1. The van der Waals surface area contributed by atoms with Crippen molar-refractivity contribution in [3.63, 3.8) is 0 Å². The molecule has 1 aromatic heterocycles. The summed E-state index contributed by atoms with van der Waals surface area (Å²) < 4.78 is 2.28. The first-order valence-corrected chi connectivity index (χ1v) is 7.88. The third-order valence-electron chi connectivity index (χ3n) is 3.60. The van der Waals surface area contributed by atoms with Gasteiger partial charge in [0.1, 0.15) is 5.82 Å². The first kappa shape index (κ1) is 15.3. The van der Waals surface area contributed by atoms with Crippen molar-refractivity contribution >= 4 is 22.6 Å². The zero-order chi connectivity index (χ0) is 14.5. The maximum atomic E-state index is 6.35. The predicted molar refractivity (Wildman–Crippen MR) is 86.4 cm³/mol. The minimum Gasteiger partial charge on any atom is -0.330 e. The van der Waals surface area contributed by atoms with Crippen LogP contribution in [0.15, 0.2) is 18.2 Å². The summed E-state index contributed by atoms with van der Waals surface area (Å²) in [4.78, 5) is 4.77. The highest BCUT2D eigenvalue weighted by Gasteiger charge is 2.15. The molecule has 4 heteroatoms. The zero-order valence-electron chi connectivity index (χ0n) is 12.4. The number of imidazole rings is 1. The summed E-state index contributed by atoms with van der Waals surface area (Å²) in [6, 6.07) is 6.32. The minimum absolute atomic E-state index is 0.374. The standard InChI is InChI=1S/C16H24ClN3/c1-12(2)20-15(10-5-3-4-6-11-18)19-14-9-7-8-13(17)16(14)20/h7-9,12H,3-6,10-11,18H2,1-2H3.